The minimum absolute atomic E-state index is 0.00100. The third kappa shape index (κ3) is 24.3. The van der Waals surface area contributed by atoms with E-state index in [1.807, 2.05) is 72.7 Å². The molecular formula is C84H113F3I3O13S2-. The second kappa shape index (κ2) is 36.7. The van der Waals surface area contributed by atoms with E-state index in [9.17, 15) is 50.4 Å². The van der Waals surface area contributed by atoms with Crippen molar-refractivity contribution in [3.63, 3.8) is 0 Å². The van der Waals surface area contributed by atoms with Gasteiger partial charge in [0.15, 0.2) is 14.3 Å². The lowest BCUT2D eigenvalue weighted by Crippen LogP contribution is -2.61. The maximum Gasteiger partial charge on any atom is 0.426 e. The number of fused-ring (bicyclic) bond motifs is 3. The summed E-state index contributed by atoms with van der Waals surface area (Å²) < 4.78 is 100. The maximum atomic E-state index is 13.3. The smallest absolute Gasteiger partial charge is 0.426 e. The molecule has 21 heteroatoms. The van der Waals surface area contributed by atoms with Crippen LogP contribution in [0.3, 0.4) is 0 Å². The normalized spacial score (nSPS) is 22.7. The zero-order chi connectivity index (χ0) is 78.7. The summed E-state index contributed by atoms with van der Waals surface area (Å²) in [7, 11) is -5.21. The van der Waals surface area contributed by atoms with Gasteiger partial charge in [-0.15, -0.1) is 0 Å². The number of rotatable bonds is 16. The van der Waals surface area contributed by atoms with Crippen LogP contribution in [0.25, 0.3) is 25.1 Å². The van der Waals surface area contributed by atoms with Gasteiger partial charge in [0.25, 0.3) is 0 Å². The summed E-state index contributed by atoms with van der Waals surface area (Å²) in [6, 6.07) is 39.6. The molecule has 1 aromatic heterocycles. The first-order valence-electron chi connectivity index (χ1n) is 37.1. The molecule has 13 nitrogen and oxygen atoms in total. The minimum atomic E-state index is -5.27. The van der Waals surface area contributed by atoms with Gasteiger partial charge in [0.2, 0.25) is 6.10 Å². The molecule has 6 aliphatic rings. The highest BCUT2D eigenvalue weighted by atomic mass is 127. The SMILES string of the molecule is CCC(C)(C)C(=O)OC1(C)CCCCC1.CCC(C)(C)C(=O)OC12CC3CC(C1)CC(C(=O)OC(CS(=O)(=O)[O-])C(F)(F)F)(C3)C2.CCC(C)(C)C(=O)OC1CC(C)(C)C(C)C(C)(C)C1.CCC(C)c1ccc(O)cc1.[O-]c1c(I)cc(I)cc1I.c1ccc(-[s+]2c3ccccc3c3ccccc32)cc1. The predicted molar refractivity (Wildman–Crippen MR) is 438 cm³/mol. The van der Waals surface area contributed by atoms with Gasteiger partial charge in [-0.1, -0.05) is 136 Å². The summed E-state index contributed by atoms with van der Waals surface area (Å²) in [5.41, 5.74) is -2.10. The Morgan fingerprint density at radius 2 is 1.09 bits per heavy atom. The molecule has 12 rings (SSSR count). The van der Waals surface area contributed by atoms with E-state index in [-0.39, 0.29) is 79.8 Å². The van der Waals surface area contributed by atoms with Gasteiger partial charge in [-0.25, -0.2) is 8.42 Å². The standard InChI is InChI=1S/C20H29F3O7S.C18H13S.C17H32O2.C13H24O2.C10H14O.C6H3I3O/c1-4-17(2,3)15(24)30-19-8-12-5-13(9-19)7-18(6-12,11-19)16(25)29-14(20(21,22)23)10-31(26,27)28;1-2-8-14(9-3-1)19-17-12-6-4-10-15(17)16-11-5-7-13-18(16)19;1-9-15(3,4)14(18)19-13-10-16(5,6)12(2)17(7,8)11-13;1-5-12(2,3)11(14)15-13(4)9-7-6-8-10-13;1-3-8(2)9-4-6-10(11)7-5-9;7-3-1-4(8)6(10)5(9)2-3/h12-14H,4-11H2,1-3H3,(H,26,27,28);1-13H;12-13H,9-11H2,1-8H3;5-10H2,1-4H3;4-8,11H,3H2,1-2H3;1-2,10H/q;+1;;;;/p-2. The molecule has 582 valence electrons. The Bertz CT molecular complexity index is 3900. The number of alkyl halides is 3. The molecule has 6 fully saturated rings. The highest BCUT2D eigenvalue weighted by Gasteiger charge is 2.64. The van der Waals surface area contributed by atoms with E-state index < -0.39 is 56.5 Å². The predicted octanol–water partition coefficient (Wildman–Crippen LogP) is 23.0. The van der Waals surface area contributed by atoms with Crippen molar-refractivity contribution in [3.8, 4) is 16.4 Å². The fraction of sp³-hybridized carbons (Fsp3) is 0.595. The number of esters is 4. The molecule has 0 spiro atoms. The van der Waals surface area contributed by atoms with Crippen LogP contribution in [0.5, 0.6) is 11.5 Å². The first-order valence-corrected chi connectivity index (χ1v) is 43.1. The summed E-state index contributed by atoms with van der Waals surface area (Å²) in [4.78, 5) is 51.3. The molecule has 6 aromatic rings. The number of carbonyl (C=O) groups excluding carboxylic acids is 4. The van der Waals surface area contributed by atoms with Crippen LogP contribution >= 0.6 is 78.2 Å². The van der Waals surface area contributed by atoms with Gasteiger partial charge in [-0.3, -0.25) is 19.2 Å². The van der Waals surface area contributed by atoms with E-state index in [1.54, 1.807) is 26.0 Å². The van der Waals surface area contributed by atoms with Crippen LogP contribution in [0.15, 0.2) is 115 Å². The minimum Gasteiger partial charge on any atom is -0.871 e. The number of carbonyl (C=O) groups is 4. The fourth-order valence-electron chi connectivity index (χ4n) is 15.0. The molecule has 0 amide bonds. The van der Waals surface area contributed by atoms with Gasteiger partial charge in [0.05, 0.1) is 37.5 Å². The van der Waals surface area contributed by atoms with Crippen molar-refractivity contribution in [1.29, 1.82) is 0 Å². The fourth-order valence-corrected chi connectivity index (χ4v) is 21.6. The van der Waals surface area contributed by atoms with Crippen LogP contribution in [0.2, 0.25) is 0 Å². The topological polar surface area (TPSA) is 206 Å². The Morgan fingerprint density at radius 3 is 1.53 bits per heavy atom. The summed E-state index contributed by atoms with van der Waals surface area (Å²) in [6.45, 7) is 35.2. The van der Waals surface area contributed by atoms with Crippen molar-refractivity contribution in [3.05, 3.63) is 132 Å². The number of hydrogen-bond donors (Lipinski definition) is 1. The van der Waals surface area contributed by atoms with Crippen LogP contribution in [0, 0.1) is 61.0 Å². The average Bonchev–Trinajstić information content (AvgIpc) is 1.22. The molecule has 4 bridgehead atoms. The highest BCUT2D eigenvalue weighted by molar-refractivity contribution is 14.1. The number of halogens is 6. The van der Waals surface area contributed by atoms with Crippen LogP contribution in [0.4, 0.5) is 13.2 Å². The van der Waals surface area contributed by atoms with Crippen molar-refractivity contribution in [2.45, 2.75) is 262 Å². The largest absolute Gasteiger partial charge is 0.871 e. The third-order valence-corrected chi connectivity index (χ3v) is 28.2. The number of benzene rings is 5. The van der Waals surface area contributed by atoms with Gasteiger partial charge in [0, 0.05) is 38.4 Å². The van der Waals surface area contributed by atoms with E-state index in [4.69, 9.17) is 19.3 Å². The van der Waals surface area contributed by atoms with Crippen molar-refractivity contribution in [2.24, 2.45) is 50.2 Å². The van der Waals surface area contributed by atoms with Crippen LogP contribution in [-0.2, 0) is 48.2 Å². The van der Waals surface area contributed by atoms with Gasteiger partial charge in [0.1, 0.15) is 23.1 Å². The summed E-state index contributed by atoms with van der Waals surface area (Å²) in [6.07, 6.45) is 5.39. The summed E-state index contributed by atoms with van der Waals surface area (Å²) in [5, 5.41) is 22.9. The zero-order valence-electron chi connectivity index (χ0n) is 64.6. The Balaban J connectivity index is 0.000000206. The van der Waals surface area contributed by atoms with Crippen molar-refractivity contribution < 1.29 is 74.5 Å². The van der Waals surface area contributed by atoms with Crippen LogP contribution in [-0.4, -0.2) is 77.3 Å². The van der Waals surface area contributed by atoms with Crippen molar-refractivity contribution in [1.82, 2.24) is 0 Å². The van der Waals surface area contributed by atoms with E-state index in [0.717, 1.165) is 62.1 Å². The van der Waals surface area contributed by atoms with Crippen molar-refractivity contribution >= 4 is 132 Å². The highest BCUT2D eigenvalue weighted by Crippen LogP contribution is 2.64. The number of thiophene rings is 1. The Hall–Kier alpha value is -4.31. The zero-order valence-corrected chi connectivity index (χ0v) is 72.7. The number of hydrogen-bond acceptors (Lipinski definition) is 13. The van der Waals surface area contributed by atoms with Gasteiger partial charge in [-0.05, 0) is 313 Å². The molecule has 0 saturated heterocycles. The third-order valence-electron chi connectivity index (χ3n) is 22.9. The van der Waals surface area contributed by atoms with Gasteiger partial charge in [-0.2, -0.15) is 13.2 Å². The molecule has 1 heterocycles. The number of aromatic hydroxyl groups is 1. The molecule has 6 aliphatic carbocycles. The van der Waals surface area contributed by atoms with E-state index in [2.05, 4.69) is 207 Å². The lowest BCUT2D eigenvalue weighted by Gasteiger charge is -2.60. The first kappa shape index (κ1) is 89.6. The van der Waals surface area contributed by atoms with Gasteiger partial charge >= 0.3 is 30.1 Å². The molecule has 0 radical (unpaired) electrons. The molecule has 6 saturated carbocycles. The summed E-state index contributed by atoms with van der Waals surface area (Å²) in [5.74, 6) is -1.80. The molecule has 105 heavy (non-hydrogen) atoms. The summed E-state index contributed by atoms with van der Waals surface area (Å²) >= 11 is 6.31. The average molecular weight is 1830 g/mol. The molecule has 5 aromatic carbocycles. The Kier molecular flexibility index (Phi) is 31.3. The second-order valence-corrected chi connectivity index (χ2v) is 40.4. The Morgan fingerprint density at radius 1 is 0.638 bits per heavy atom. The van der Waals surface area contributed by atoms with Crippen LogP contribution in [0.1, 0.15) is 238 Å². The van der Waals surface area contributed by atoms with Gasteiger partial charge < -0.3 is 33.7 Å². The lowest BCUT2D eigenvalue weighted by atomic mass is 9.48. The van der Waals surface area contributed by atoms with E-state index in [0.29, 0.717) is 49.7 Å². The second-order valence-electron chi connectivity index (χ2n) is 33.4. The Labute approximate surface area is 667 Å². The lowest BCUT2D eigenvalue weighted by molar-refractivity contribution is -0.271. The quantitative estimate of drug-likeness (QED) is 0.0315. The number of phenols is 1. The molecule has 1 N–H and O–H groups in total. The van der Waals surface area contributed by atoms with E-state index >= 15 is 0 Å². The molecule has 0 aliphatic heterocycles. The molecule has 4 atom stereocenters. The molecular weight excluding hydrogens is 1720 g/mol. The number of phenolic OH excluding ortho intramolecular Hbond substituents is 1. The van der Waals surface area contributed by atoms with Crippen molar-refractivity contribution in [2.75, 3.05) is 5.75 Å². The molecule has 4 unspecified atom stereocenters. The van der Waals surface area contributed by atoms with Crippen LogP contribution < -0.4 is 5.11 Å². The number of ether oxygens (including phenoxy) is 4. The monoisotopic (exact) mass is 1830 g/mol. The van der Waals surface area contributed by atoms with E-state index in [1.165, 1.54) is 49.9 Å². The first-order chi connectivity index (χ1) is 48.6. The maximum absolute atomic E-state index is 13.3.